The highest BCUT2D eigenvalue weighted by Crippen LogP contribution is 2.29. The first-order valence-corrected chi connectivity index (χ1v) is 9.71. The van der Waals surface area contributed by atoms with E-state index in [0.29, 0.717) is 6.54 Å². The van der Waals surface area contributed by atoms with Crippen molar-refractivity contribution in [1.82, 2.24) is 29.0 Å². The van der Waals surface area contributed by atoms with E-state index in [1.807, 2.05) is 29.2 Å². The molecule has 0 fully saturated rings. The van der Waals surface area contributed by atoms with Crippen molar-refractivity contribution in [2.45, 2.75) is 19.6 Å². The van der Waals surface area contributed by atoms with Gasteiger partial charge in [0.2, 0.25) is 0 Å². The Morgan fingerprint density at radius 2 is 2.03 bits per heavy atom. The van der Waals surface area contributed by atoms with Crippen LogP contribution in [0.25, 0.3) is 16.8 Å². The average molecular weight is 384 g/mol. The van der Waals surface area contributed by atoms with E-state index in [4.69, 9.17) is 5.10 Å². The summed E-state index contributed by atoms with van der Waals surface area (Å²) in [6.07, 6.45) is 9.60. The largest absolute Gasteiger partial charge is 0.336 e. The number of rotatable bonds is 3. The molecule has 0 amide bonds. The summed E-state index contributed by atoms with van der Waals surface area (Å²) in [6, 6.07) is 6.41. The topological polar surface area (TPSA) is 75.6 Å². The van der Waals surface area contributed by atoms with Crippen molar-refractivity contribution >= 4 is 23.4 Å². The van der Waals surface area contributed by atoms with E-state index >= 15 is 0 Å². The van der Waals surface area contributed by atoms with Crippen LogP contribution in [0.15, 0.2) is 48.0 Å². The minimum absolute atomic E-state index is 0.698. The first-order valence-electron chi connectivity index (χ1n) is 9.71. The summed E-state index contributed by atoms with van der Waals surface area (Å²) in [6.45, 7) is 3.54. The SMILES string of the molecule is CN1CCn2nc(Nc3cc(-c4cnc5c(c4)CN=C5)cn4ccnc34)cc2C1. The van der Waals surface area contributed by atoms with Crippen LogP contribution in [0.4, 0.5) is 11.5 Å². The van der Waals surface area contributed by atoms with Crippen molar-refractivity contribution in [2.75, 3.05) is 18.9 Å². The highest BCUT2D eigenvalue weighted by Gasteiger charge is 2.17. The van der Waals surface area contributed by atoms with Gasteiger partial charge in [-0.1, -0.05) is 0 Å². The molecule has 6 rings (SSSR count). The lowest BCUT2D eigenvalue weighted by atomic mass is 10.1. The third-order valence-electron chi connectivity index (χ3n) is 5.55. The van der Waals surface area contributed by atoms with Crippen LogP contribution >= 0.6 is 0 Å². The molecule has 8 nitrogen and oxygen atoms in total. The molecule has 0 bridgehead atoms. The summed E-state index contributed by atoms with van der Waals surface area (Å²) in [5, 5.41) is 8.22. The molecule has 4 aromatic heterocycles. The van der Waals surface area contributed by atoms with Crippen molar-refractivity contribution in [1.29, 1.82) is 0 Å². The van der Waals surface area contributed by atoms with Crippen LogP contribution in [0.3, 0.4) is 0 Å². The van der Waals surface area contributed by atoms with Gasteiger partial charge in [-0.2, -0.15) is 5.10 Å². The first kappa shape index (κ1) is 16.4. The summed E-state index contributed by atoms with van der Waals surface area (Å²) in [5.41, 5.74) is 7.28. The maximum atomic E-state index is 4.73. The molecule has 0 radical (unpaired) electrons. The van der Waals surface area contributed by atoms with Crippen LogP contribution in [-0.4, -0.2) is 48.9 Å². The lowest BCUT2D eigenvalue weighted by Crippen LogP contribution is -2.30. The summed E-state index contributed by atoms with van der Waals surface area (Å²) in [4.78, 5) is 15.7. The Bertz CT molecular complexity index is 1270. The molecule has 6 heterocycles. The minimum atomic E-state index is 0.698. The van der Waals surface area contributed by atoms with Gasteiger partial charge in [-0.15, -0.1) is 0 Å². The van der Waals surface area contributed by atoms with Gasteiger partial charge in [0.1, 0.15) is 0 Å². The van der Waals surface area contributed by atoms with Crippen molar-refractivity contribution in [3.05, 3.63) is 59.9 Å². The molecule has 0 unspecified atom stereocenters. The Morgan fingerprint density at radius 1 is 1.07 bits per heavy atom. The van der Waals surface area contributed by atoms with Gasteiger partial charge in [-0.05, 0) is 19.2 Å². The molecule has 0 saturated heterocycles. The van der Waals surface area contributed by atoms with Crippen molar-refractivity contribution in [3.8, 4) is 11.1 Å². The molecular formula is C21H20N8. The van der Waals surface area contributed by atoms with E-state index in [2.05, 4.69) is 61.3 Å². The first-order chi connectivity index (χ1) is 14.2. The van der Waals surface area contributed by atoms with Crippen molar-refractivity contribution in [3.63, 3.8) is 0 Å². The second kappa shape index (κ2) is 6.25. The summed E-state index contributed by atoms with van der Waals surface area (Å²) in [5.74, 6) is 0.845. The highest BCUT2D eigenvalue weighted by atomic mass is 15.4. The molecule has 0 aliphatic carbocycles. The monoisotopic (exact) mass is 384 g/mol. The minimum Gasteiger partial charge on any atom is -0.336 e. The molecule has 0 atom stereocenters. The van der Waals surface area contributed by atoms with Crippen molar-refractivity contribution < 1.29 is 0 Å². The zero-order valence-electron chi connectivity index (χ0n) is 16.1. The third kappa shape index (κ3) is 2.80. The van der Waals surface area contributed by atoms with Crippen LogP contribution in [0.5, 0.6) is 0 Å². The Balaban J connectivity index is 1.40. The Morgan fingerprint density at radius 3 is 3.00 bits per heavy atom. The Hall–Kier alpha value is -3.52. The fourth-order valence-electron chi connectivity index (χ4n) is 4.03. The smallest absolute Gasteiger partial charge is 0.160 e. The van der Waals surface area contributed by atoms with Gasteiger partial charge < -0.3 is 9.72 Å². The van der Waals surface area contributed by atoms with Gasteiger partial charge in [-0.25, -0.2) is 4.98 Å². The summed E-state index contributed by atoms with van der Waals surface area (Å²) < 4.78 is 4.12. The number of aromatic nitrogens is 5. The predicted molar refractivity (Wildman–Crippen MR) is 112 cm³/mol. The van der Waals surface area contributed by atoms with E-state index in [1.165, 1.54) is 5.69 Å². The molecule has 8 heteroatoms. The maximum absolute atomic E-state index is 4.73. The number of anilines is 2. The van der Waals surface area contributed by atoms with E-state index in [0.717, 1.165) is 59.2 Å². The van der Waals surface area contributed by atoms with Crippen molar-refractivity contribution in [2.24, 2.45) is 4.99 Å². The standard InChI is InChI=1S/C21H20N8/c1-27-4-5-29-17(13-27)8-20(26-29)25-18-7-16(12-28-3-2-23-21(18)28)14-6-15-9-22-11-19(15)24-10-14/h2-3,6-8,10-12H,4-5,9,13H2,1H3,(H,25,26). The van der Waals surface area contributed by atoms with E-state index in [1.54, 1.807) is 0 Å². The number of aliphatic imine (C=N–C) groups is 1. The van der Waals surface area contributed by atoms with Gasteiger partial charge in [0.25, 0.3) is 0 Å². The molecule has 29 heavy (non-hydrogen) atoms. The lowest BCUT2D eigenvalue weighted by Gasteiger charge is -2.22. The maximum Gasteiger partial charge on any atom is 0.160 e. The Labute approximate surface area is 167 Å². The van der Waals surface area contributed by atoms with Crippen LogP contribution in [0.1, 0.15) is 17.0 Å². The van der Waals surface area contributed by atoms with Gasteiger partial charge in [-0.3, -0.25) is 19.6 Å². The molecule has 0 spiro atoms. The molecule has 144 valence electrons. The summed E-state index contributed by atoms with van der Waals surface area (Å²) in [7, 11) is 2.14. The number of fused-ring (bicyclic) bond motifs is 3. The molecule has 0 saturated carbocycles. The molecule has 1 N–H and O–H groups in total. The lowest BCUT2D eigenvalue weighted by molar-refractivity contribution is 0.259. The second-order valence-electron chi connectivity index (χ2n) is 7.65. The zero-order valence-corrected chi connectivity index (χ0v) is 16.1. The van der Waals surface area contributed by atoms with Crippen LogP contribution in [-0.2, 0) is 19.6 Å². The number of hydrogen-bond acceptors (Lipinski definition) is 6. The van der Waals surface area contributed by atoms with E-state index < -0.39 is 0 Å². The predicted octanol–water partition coefficient (Wildman–Crippen LogP) is 2.71. The second-order valence-corrected chi connectivity index (χ2v) is 7.65. The quantitative estimate of drug-likeness (QED) is 0.588. The normalized spacial score (nSPS) is 15.6. The Kier molecular flexibility index (Phi) is 3.54. The molecule has 4 aromatic rings. The van der Waals surface area contributed by atoms with Gasteiger partial charge in [0.05, 0.1) is 30.2 Å². The van der Waals surface area contributed by atoms with E-state index in [9.17, 15) is 0 Å². The zero-order chi connectivity index (χ0) is 19.4. The summed E-state index contributed by atoms with van der Waals surface area (Å²) >= 11 is 0. The number of likely N-dealkylation sites (N-methyl/N-ethyl adjacent to an activating group) is 1. The van der Waals surface area contributed by atoms with Gasteiger partial charge >= 0.3 is 0 Å². The highest BCUT2D eigenvalue weighted by molar-refractivity contribution is 5.84. The average Bonchev–Trinajstić information content (AvgIpc) is 3.45. The van der Waals surface area contributed by atoms with Crippen LogP contribution < -0.4 is 5.32 Å². The molecule has 0 aromatic carbocycles. The van der Waals surface area contributed by atoms with Gasteiger partial charge in [0, 0.05) is 66.8 Å². The third-order valence-corrected chi connectivity index (χ3v) is 5.55. The number of imidazole rings is 1. The molecule has 2 aliphatic rings. The fourth-order valence-corrected chi connectivity index (χ4v) is 4.03. The molecular weight excluding hydrogens is 364 g/mol. The van der Waals surface area contributed by atoms with Gasteiger partial charge in [0.15, 0.2) is 11.5 Å². The molecule has 2 aliphatic heterocycles. The van der Waals surface area contributed by atoms with Crippen LogP contribution in [0, 0.1) is 0 Å². The fraction of sp³-hybridized carbons (Fsp3) is 0.238. The number of hydrogen-bond donors (Lipinski definition) is 1. The number of pyridine rings is 2. The van der Waals surface area contributed by atoms with Crippen LogP contribution in [0.2, 0.25) is 0 Å². The van der Waals surface area contributed by atoms with E-state index in [-0.39, 0.29) is 0 Å². The number of nitrogens with zero attached hydrogens (tertiary/aromatic N) is 7. The number of nitrogens with one attached hydrogen (secondary N) is 1.